The first-order chi connectivity index (χ1) is 5.27. The van der Waals surface area contributed by atoms with Gasteiger partial charge in [0, 0.05) is 0 Å². The smallest absolute Gasteiger partial charge is 0.0737 e. The lowest BCUT2D eigenvalue weighted by Gasteiger charge is -2.45. The highest BCUT2D eigenvalue weighted by Gasteiger charge is 2.47. The lowest BCUT2D eigenvalue weighted by Crippen LogP contribution is -2.41. The Morgan fingerprint density at radius 2 is 2.00 bits per heavy atom. The number of fused-ring (bicyclic) bond motifs is 3. The summed E-state index contributed by atoms with van der Waals surface area (Å²) in [4.78, 5) is 0. The van der Waals surface area contributed by atoms with E-state index in [1.807, 2.05) is 0 Å². The van der Waals surface area contributed by atoms with Crippen molar-refractivity contribution in [3.8, 4) is 6.07 Å². The Labute approximate surface area is 72.3 Å². The first-order valence-corrected chi connectivity index (χ1v) is 4.76. The van der Waals surface area contributed by atoms with E-state index in [1.165, 1.54) is 12.8 Å². The highest BCUT2D eigenvalue weighted by Crippen LogP contribution is 2.51. The van der Waals surface area contributed by atoms with Crippen molar-refractivity contribution in [1.82, 2.24) is 0 Å². The van der Waals surface area contributed by atoms with Crippen LogP contribution in [0.25, 0.3) is 0 Å². The van der Waals surface area contributed by atoms with Crippen LogP contribution in [-0.2, 0) is 0 Å². The Morgan fingerprint density at radius 1 is 1.36 bits per heavy atom. The molecule has 0 saturated heterocycles. The van der Waals surface area contributed by atoms with Gasteiger partial charge in [0.15, 0.2) is 0 Å². The van der Waals surface area contributed by atoms with Gasteiger partial charge in [-0.05, 0) is 38.0 Å². The topological polar surface area (TPSA) is 23.8 Å². The fourth-order valence-electron chi connectivity index (χ4n) is 2.44. The molecule has 3 saturated carbocycles. The predicted octanol–water partition coefficient (Wildman–Crippen LogP) is 2.70. The van der Waals surface area contributed by atoms with Gasteiger partial charge in [-0.25, -0.2) is 0 Å². The average Bonchev–Trinajstić information content (AvgIpc) is 2.07. The van der Waals surface area contributed by atoms with Crippen LogP contribution in [0.5, 0.6) is 0 Å². The Bertz CT molecular complexity index is 198. The number of rotatable bonds is 0. The standard InChI is InChI=1S/C9H12ClN/c10-8-5-7-1-3-9(8,6-11)4-2-7/h7-8H,1-5H2/t7?,8-,9?/m0/s1. The predicted molar refractivity (Wildman–Crippen MR) is 44.3 cm³/mol. The molecule has 1 atom stereocenters. The molecule has 0 heterocycles. The highest BCUT2D eigenvalue weighted by molar-refractivity contribution is 6.21. The normalized spacial score (nSPS) is 48.7. The summed E-state index contributed by atoms with van der Waals surface area (Å²) >= 11 is 6.15. The molecule has 0 radical (unpaired) electrons. The maximum atomic E-state index is 9.00. The summed E-state index contributed by atoms with van der Waals surface area (Å²) < 4.78 is 0. The van der Waals surface area contributed by atoms with Crippen LogP contribution < -0.4 is 0 Å². The quantitative estimate of drug-likeness (QED) is 0.512. The molecule has 2 bridgehead atoms. The summed E-state index contributed by atoms with van der Waals surface area (Å²) in [7, 11) is 0. The zero-order valence-electron chi connectivity index (χ0n) is 6.52. The third-order valence-electron chi connectivity index (χ3n) is 3.36. The number of halogens is 1. The second-order valence-electron chi connectivity index (χ2n) is 3.91. The van der Waals surface area contributed by atoms with Crippen molar-refractivity contribution >= 4 is 11.6 Å². The van der Waals surface area contributed by atoms with Crippen molar-refractivity contribution in [3.05, 3.63) is 0 Å². The molecule has 0 amide bonds. The molecule has 60 valence electrons. The fourth-order valence-corrected chi connectivity index (χ4v) is 2.96. The minimum Gasteiger partial charge on any atom is -0.198 e. The second kappa shape index (κ2) is 2.38. The van der Waals surface area contributed by atoms with Gasteiger partial charge in [0.2, 0.25) is 0 Å². The Balaban J connectivity index is 2.25. The van der Waals surface area contributed by atoms with Crippen LogP contribution in [0, 0.1) is 22.7 Å². The Kier molecular flexibility index (Phi) is 1.61. The van der Waals surface area contributed by atoms with Crippen LogP contribution in [0.2, 0.25) is 0 Å². The van der Waals surface area contributed by atoms with Gasteiger partial charge in [-0.2, -0.15) is 5.26 Å². The van der Waals surface area contributed by atoms with Crippen molar-refractivity contribution in [2.24, 2.45) is 11.3 Å². The third kappa shape index (κ3) is 0.964. The van der Waals surface area contributed by atoms with E-state index >= 15 is 0 Å². The summed E-state index contributed by atoms with van der Waals surface area (Å²) in [5.74, 6) is 0.827. The van der Waals surface area contributed by atoms with Crippen molar-refractivity contribution in [2.75, 3.05) is 0 Å². The molecule has 11 heavy (non-hydrogen) atoms. The molecule has 0 spiro atoms. The molecule has 0 aromatic heterocycles. The second-order valence-corrected chi connectivity index (χ2v) is 4.44. The molecule has 3 rings (SSSR count). The van der Waals surface area contributed by atoms with Crippen molar-refractivity contribution in [1.29, 1.82) is 5.26 Å². The molecule has 0 N–H and O–H groups in total. The van der Waals surface area contributed by atoms with Crippen LogP contribution in [0.1, 0.15) is 32.1 Å². The number of alkyl halides is 1. The molecule has 0 aromatic rings. The third-order valence-corrected chi connectivity index (χ3v) is 3.96. The van der Waals surface area contributed by atoms with Crippen LogP contribution in [0.3, 0.4) is 0 Å². The molecule has 0 aromatic carbocycles. The number of hydrogen-bond donors (Lipinski definition) is 0. The summed E-state index contributed by atoms with van der Waals surface area (Å²) in [5, 5.41) is 9.14. The first kappa shape index (κ1) is 7.43. The molecular weight excluding hydrogens is 158 g/mol. The van der Waals surface area contributed by atoms with Gasteiger partial charge < -0.3 is 0 Å². The van der Waals surface area contributed by atoms with Crippen LogP contribution in [0.4, 0.5) is 0 Å². The minimum atomic E-state index is -0.143. The number of nitrogens with zero attached hydrogens (tertiary/aromatic N) is 1. The summed E-state index contributed by atoms with van der Waals surface area (Å²) in [6.07, 6.45) is 5.63. The number of nitriles is 1. The van der Waals surface area contributed by atoms with Gasteiger partial charge in [-0.3, -0.25) is 0 Å². The van der Waals surface area contributed by atoms with E-state index in [0.29, 0.717) is 0 Å². The van der Waals surface area contributed by atoms with Crippen LogP contribution >= 0.6 is 11.6 Å². The van der Waals surface area contributed by atoms with Crippen molar-refractivity contribution in [3.63, 3.8) is 0 Å². The van der Waals surface area contributed by atoms with Gasteiger partial charge in [-0.15, -0.1) is 11.6 Å². The zero-order valence-corrected chi connectivity index (χ0v) is 7.27. The van der Waals surface area contributed by atoms with E-state index in [1.54, 1.807) is 0 Å². The van der Waals surface area contributed by atoms with Crippen molar-refractivity contribution < 1.29 is 0 Å². The minimum absolute atomic E-state index is 0.139. The lowest BCUT2D eigenvalue weighted by molar-refractivity contribution is 0.123. The van der Waals surface area contributed by atoms with E-state index < -0.39 is 0 Å². The van der Waals surface area contributed by atoms with Crippen LogP contribution in [0.15, 0.2) is 0 Å². The van der Waals surface area contributed by atoms with E-state index in [9.17, 15) is 0 Å². The molecule has 2 heteroatoms. The molecule has 3 fully saturated rings. The fraction of sp³-hybridized carbons (Fsp3) is 0.889. The van der Waals surface area contributed by atoms with Gasteiger partial charge in [0.1, 0.15) is 0 Å². The molecule has 3 aliphatic rings. The molecule has 3 aliphatic carbocycles. The van der Waals surface area contributed by atoms with Gasteiger partial charge in [0.05, 0.1) is 16.9 Å². The van der Waals surface area contributed by atoms with Gasteiger partial charge >= 0.3 is 0 Å². The maximum absolute atomic E-state index is 9.00. The maximum Gasteiger partial charge on any atom is 0.0737 e. The molecule has 1 nitrogen and oxygen atoms in total. The first-order valence-electron chi connectivity index (χ1n) is 4.32. The molecular formula is C9H12ClN. The summed E-state index contributed by atoms with van der Waals surface area (Å²) in [6.45, 7) is 0. The lowest BCUT2D eigenvalue weighted by atomic mass is 9.61. The largest absolute Gasteiger partial charge is 0.198 e. The average molecular weight is 170 g/mol. The van der Waals surface area contributed by atoms with E-state index in [0.717, 1.165) is 25.2 Å². The van der Waals surface area contributed by atoms with Crippen molar-refractivity contribution in [2.45, 2.75) is 37.5 Å². The number of hydrogen-bond acceptors (Lipinski definition) is 1. The van der Waals surface area contributed by atoms with Crippen LogP contribution in [-0.4, -0.2) is 5.38 Å². The SMILES string of the molecule is N#CC12CCC(CC1)C[C@@H]2Cl. The zero-order chi connectivity index (χ0) is 7.90. The van der Waals surface area contributed by atoms with E-state index in [4.69, 9.17) is 16.9 Å². The molecule has 0 unspecified atom stereocenters. The van der Waals surface area contributed by atoms with E-state index in [2.05, 4.69) is 6.07 Å². The van der Waals surface area contributed by atoms with E-state index in [-0.39, 0.29) is 10.8 Å². The highest BCUT2D eigenvalue weighted by atomic mass is 35.5. The van der Waals surface area contributed by atoms with Gasteiger partial charge in [0.25, 0.3) is 0 Å². The Morgan fingerprint density at radius 3 is 2.36 bits per heavy atom. The monoisotopic (exact) mass is 169 g/mol. The van der Waals surface area contributed by atoms with Gasteiger partial charge in [-0.1, -0.05) is 0 Å². The molecule has 0 aliphatic heterocycles. The summed E-state index contributed by atoms with van der Waals surface area (Å²) in [6, 6.07) is 2.42. The summed E-state index contributed by atoms with van der Waals surface area (Å²) in [5.41, 5.74) is -0.143. The Hall–Kier alpha value is -0.220.